The summed E-state index contributed by atoms with van der Waals surface area (Å²) in [5.74, 6) is 0.673. The van der Waals surface area contributed by atoms with E-state index in [1.165, 1.54) is 16.7 Å². The molecule has 0 amide bonds. The molecule has 60 heavy (non-hydrogen) atoms. The molecule has 0 bridgehead atoms. The average molecular weight is 770 g/mol. The van der Waals surface area contributed by atoms with Crippen LogP contribution in [0.5, 0.6) is 0 Å². The third-order valence-electron chi connectivity index (χ3n) is 11.0. The molecule has 0 saturated heterocycles. The van der Waals surface area contributed by atoms with Crippen LogP contribution < -0.4 is 10.6 Å². The number of allylic oxidation sites excluding steroid dienone is 2. The van der Waals surface area contributed by atoms with Crippen molar-refractivity contribution in [2.75, 3.05) is 0 Å². The molecule has 4 heteroatoms. The Morgan fingerprint density at radius 2 is 0.933 bits per heavy atom. The number of rotatable bonds is 8. The molecule has 0 N–H and O–H groups in total. The van der Waals surface area contributed by atoms with Gasteiger partial charge in [0, 0.05) is 38.2 Å². The van der Waals surface area contributed by atoms with Crippen molar-refractivity contribution in [1.82, 2.24) is 15.0 Å². The maximum atomic E-state index is 6.53. The lowest BCUT2D eigenvalue weighted by atomic mass is 9.96. The summed E-state index contributed by atoms with van der Waals surface area (Å²) in [7, 11) is 0. The first-order valence-electron chi connectivity index (χ1n) is 20.1. The van der Waals surface area contributed by atoms with E-state index >= 15 is 0 Å². The normalized spacial score (nSPS) is 11.8. The molecule has 0 aliphatic carbocycles. The molecule has 0 spiro atoms. The second kappa shape index (κ2) is 15.8. The lowest BCUT2D eigenvalue weighted by Crippen LogP contribution is -2.17. The maximum Gasteiger partial charge on any atom is 0.162 e. The van der Waals surface area contributed by atoms with E-state index in [1.807, 2.05) is 61.5 Å². The Labute approximate surface area is 348 Å². The van der Waals surface area contributed by atoms with E-state index in [-0.39, 0.29) is 0 Å². The molecule has 10 aromatic rings. The Kier molecular flexibility index (Phi) is 9.57. The zero-order valence-corrected chi connectivity index (χ0v) is 33.1. The molecule has 3 aromatic heterocycles. The second-order valence-corrected chi connectivity index (χ2v) is 14.8. The molecule has 0 unspecified atom stereocenters. The van der Waals surface area contributed by atoms with Crippen molar-refractivity contribution in [3.05, 3.63) is 211 Å². The number of aromatic nitrogens is 3. The Morgan fingerprint density at radius 3 is 1.55 bits per heavy atom. The summed E-state index contributed by atoms with van der Waals surface area (Å²) in [5.41, 5.74) is 15.5. The Balaban J connectivity index is 1.07. The highest BCUT2D eigenvalue weighted by Crippen LogP contribution is 2.36. The van der Waals surface area contributed by atoms with Crippen molar-refractivity contribution in [2.45, 2.75) is 6.92 Å². The molecule has 0 saturated carbocycles. The van der Waals surface area contributed by atoms with Crippen LogP contribution >= 0.6 is 0 Å². The third-order valence-corrected chi connectivity index (χ3v) is 11.0. The highest BCUT2D eigenvalue weighted by atomic mass is 16.3. The van der Waals surface area contributed by atoms with Gasteiger partial charge in [0.05, 0.1) is 16.9 Å². The molecule has 4 nitrogen and oxygen atoms in total. The minimum absolute atomic E-state index is 0.602. The lowest BCUT2D eigenvalue weighted by Gasteiger charge is -2.11. The van der Waals surface area contributed by atoms with Crippen LogP contribution in [0.3, 0.4) is 0 Å². The van der Waals surface area contributed by atoms with Gasteiger partial charge in [0.25, 0.3) is 0 Å². The first-order valence-corrected chi connectivity index (χ1v) is 20.1. The van der Waals surface area contributed by atoms with Crippen LogP contribution in [0.2, 0.25) is 0 Å². The number of pyridine rings is 1. The van der Waals surface area contributed by atoms with Crippen LogP contribution in [0.25, 0.3) is 113 Å². The summed E-state index contributed by atoms with van der Waals surface area (Å²) in [6.07, 6.45) is 6.13. The van der Waals surface area contributed by atoms with E-state index in [1.54, 1.807) is 0 Å². The number of nitrogens with zero attached hydrogens (tertiary/aromatic N) is 3. The van der Waals surface area contributed by atoms with Crippen molar-refractivity contribution in [3.63, 3.8) is 0 Å². The quantitative estimate of drug-likeness (QED) is 0.154. The molecular formula is C56H39N3O. The van der Waals surface area contributed by atoms with Gasteiger partial charge < -0.3 is 4.42 Å². The molecule has 0 atom stereocenters. The topological polar surface area (TPSA) is 51.8 Å². The number of furan rings is 1. The van der Waals surface area contributed by atoms with Crippen LogP contribution in [0, 0.1) is 0 Å². The van der Waals surface area contributed by atoms with Gasteiger partial charge in [-0.15, -0.1) is 0 Å². The van der Waals surface area contributed by atoms with Gasteiger partial charge in [0.2, 0.25) is 0 Å². The lowest BCUT2D eigenvalue weighted by molar-refractivity contribution is 0.577. The molecule has 284 valence electrons. The summed E-state index contributed by atoms with van der Waals surface area (Å²) in [4.78, 5) is 15.4. The predicted octanol–water partition coefficient (Wildman–Crippen LogP) is 13.2. The van der Waals surface area contributed by atoms with Gasteiger partial charge in [-0.05, 0) is 64.6 Å². The molecule has 0 aliphatic heterocycles. The van der Waals surface area contributed by atoms with Crippen molar-refractivity contribution in [2.24, 2.45) is 0 Å². The summed E-state index contributed by atoms with van der Waals surface area (Å²) >= 11 is 0. The van der Waals surface area contributed by atoms with Gasteiger partial charge in [-0.25, -0.2) is 15.0 Å². The SMILES string of the molecule is C=c1oc2c(-c3ccc(-c4cc(-c5ccc(-c6ccccc6)cc5)nc(-c5ccccc5)n4)cc3)nc3ccc(-c4cccc(-c5ccccc5)c4)cc3c2/c1=C/C=C\C. The highest BCUT2D eigenvalue weighted by Gasteiger charge is 2.18. The number of hydrogen-bond donors (Lipinski definition) is 0. The first-order chi connectivity index (χ1) is 29.6. The van der Waals surface area contributed by atoms with Crippen molar-refractivity contribution >= 4 is 34.5 Å². The molecule has 0 aliphatic rings. The van der Waals surface area contributed by atoms with Gasteiger partial charge in [0.1, 0.15) is 11.1 Å². The predicted molar refractivity (Wildman–Crippen MR) is 249 cm³/mol. The van der Waals surface area contributed by atoms with Gasteiger partial charge in [-0.3, -0.25) is 0 Å². The minimum Gasteiger partial charge on any atom is -0.454 e. The summed E-state index contributed by atoms with van der Waals surface area (Å²) in [5, 5.41) is 2.96. The van der Waals surface area contributed by atoms with Crippen LogP contribution in [-0.4, -0.2) is 15.0 Å². The third kappa shape index (κ3) is 7.01. The summed E-state index contributed by atoms with van der Waals surface area (Å²) in [6.45, 7) is 6.36. The molecule has 0 radical (unpaired) electrons. The smallest absolute Gasteiger partial charge is 0.162 e. The Hall–Kier alpha value is -7.95. The highest BCUT2D eigenvalue weighted by molar-refractivity contribution is 6.10. The molecule has 7 aromatic carbocycles. The Bertz CT molecular complexity index is 3300. The number of hydrogen-bond acceptors (Lipinski definition) is 4. The van der Waals surface area contributed by atoms with E-state index < -0.39 is 0 Å². The number of fused-ring (bicyclic) bond motifs is 3. The Morgan fingerprint density at radius 1 is 0.450 bits per heavy atom. The molecule has 0 fully saturated rings. The second-order valence-electron chi connectivity index (χ2n) is 14.8. The van der Waals surface area contributed by atoms with Crippen LogP contribution in [0.4, 0.5) is 0 Å². The van der Waals surface area contributed by atoms with E-state index in [4.69, 9.17) is 19.4 Å². The van der Waals surface area contributed by atoms with Gasteiger partial charge in [0.15, 0.2) is 11.4 Å². The minimum atomic E-state index is 0.602. The fraction of sp³-hybridized carbons (Fsp3) is 0.0179. The van der Waals surface area contributed by atoms with E-state index in [9.17, 15) is 0 Å². The van der Waals surface area contributed by atoms with E-state index in [0.29, 0.717) is 16.8 Å². The average Bonchev–Trinajstić information content (AvgIpc) is 3.66. The standard InChI is InChI=1S/C56H39N3O/c1-3-4-23-48-37(2)60-55-53(48)49-35-47(46-22-14-21-45(34-46)39-17-10-6-11-18-39)32-33-50(49)57-54(55)43-30-28-42(29-31-43)52-36-51(58-56(59-52)44-19-12-7-13-20-44)41-26-24-40(25-27-41)38-15-8-5-9-16-38/h3-36H,2H2,1H3/b4-3-,48-23+. The van der Waals surface area contributed by atoms with E-state index in [0.717, 1.165) is 77.5 Å². The molecular weight excluding hydrogens is 731 g/mol. The van der Waals surface area contributed by atoms with Crippen molar-refractivity contribution < 1.29 is 4.42 Å². The zero-order valence-electron chi connectivity index (χ0n) is 33.1. The molecule has 10 rings (SSSR count). The fourth-order valence-corrected chi connectivity index (χ4v) is 7.91. The first kappa shape index (κ1) is 36.4. The van der Waals surface area contributed by atoms with Crippen LogP contribution in [0.1, 0.15) is 6.92 Å². The van der Waals surface area contributed by atoms with Crippen LogP contribution in [-0.2, 0) is 0 Å². The largest absolute Gasteiger partial charge is 0.454 e. The van der Waals surface area contributed by atoms with Crippen molar-refractivity contribution in [3.8, 4) is 78.5 Å². The van der Waals surface area contributed by atoms with Gasteiger partial charge >= 0.3 is 0 Å². The van der Waals surface area contributed by atoms with E-state index in [2.05, 4.69) is 158 Å². The van der Waals surface area contributed by atoms with Gasteiger partial charge in [-0.2, -0.15) is 0 Å². The summed E-state index contributed by atoms with van der Waals surface area (Å²) < 4.78 is 6.53. The van der Waals surface area contributed by atoms with Gasteiger partial charge in [-0.1, -0.05) is 189 Å². The van der Waals surface area contributed by atoms with Crippen LogP contribution in [0.15, 0.2) is 205 Å². The monoisotopic (exact) mass is 769 g/mol. The fourth-order valence-electron chi connectivity index (χ4n) is 7.91. The summed E-state index contributed by atoms with van der Waals surface area (Å²) in [6, 6.07) is 65.3. The number of benzene rings is 7. The maximum absolute atomic E-state index is 6.53. The van der Waals surface area contributed by atoms with Crippen molar-refractivity contribution in [1.29, 1.82) is 0 Å². The molecule has 3 heterocycles. The zero-order chi connectivity index (χ0) is 40.4.